The maximum atomic E-state index is 13.3. The van der Waals surface area contributed by atoms with Gasteiger partial charge in [-0.25, -0.2) is 17.5 Å². The number of hydrogen-bond acceptors (Lipinski definition) is 5. The molecule has 0 saturated heterocycles. The molecule has 0 amide bonds. The van der Waals surface area contributed by atoms with E-state index < -0.39 is 27.6 Å². The van der Waals surface area contributed by atoms with Crippen LogP contribution in [0, 0.1) is 5.82 Å². The standard InChI is InChI=1S/C11H17FN2O4S/c1-18-7-8(5-6-15)14-19(16,17)10-4-2-3-9(12)11(10)13/h2-4,8,14-15H,5-7,13H2,1H3. The van der Waals surface area contributed by atoms with Crippen LogP contribution in [-0.2, 0) is 14.8 Å². The van der Waals surface area contributed by atoms with Crippen molar-refractivity contribution in [3.05, 3.63) is 24.0 Å². The largest absolute Gasteiger partial charge is 0.396 e. The Labute approximate surface area is 111 Å². The molecular formula is C11H17FN2O4S. The highest BCUT2D eigenvalue weighted by atomic mass is 32.2. The van der Waals surface area contributed by atoms with Gasteiger partial charge in [0.15, 0.2) is 0 Å². The van der Waals surface area contributed by atoms with Crippen molar-refractivity contribution in [2.75, 3.05) is 26.1 Å². The van der Waals surface area contributed by atoms with E-state index in [4.69, 9.17) is 15.6 Å². The van der Waals surface area contributed by atoms with Gasteiger partial charge in [-0.2, -0.15) is 0 Å². The number of nitrogens with one attached hydrogen (secondary N) is 1. The molecule has 0 spiro atoms. The van der Waals surface area contributed by atoms with Gasteiger partial charge in [0, 0.05) is 19.8 Å². The van der Waals surface area contributed by atoms with Gasteiger partial charge in [-0.05, 0) is 18.6 Å². The third-order valence-corrected chi connectivity index (χ3v) is 4.05. The molecule has 0 aliphatic carbocycles. The molecule has 0 bridgehead atoms. The molecule has 4 N–H and O–H groups in total. The van der Waals surface area contributed by atoms with E-state index in [2.05, 4.69) is 4.72 Å². The van der Waals surface area contributed by atoms with E-state index >= 15 is 0 Å². The number of methoxy groups -OCH3 is 1. The zero-order valence-corrected chi connectivity index (χ0v) is 11.3. The molecule has 0 saturated carbocycles. The molecule has 19 heavy (non-hydrogen) atoms. The van der Waals surface area contributed by atoms with E-state index in [0.717, 1.165) is 6.07 Å². The molecule has 0 aliphatic rings. The van der Waals surface area contributed by atoms with Crippen LogP contribution < -0.4 is 10.5 Å². The summed E-state index contributed by atoms with van der Waals surface area (Å²) < 4.78 is 44.6. The van der Waals surface area contributed by atoms with Gasteiger partial charge in [0.05, 0.1) is 12.3 Å². The number of aliphatic hydroxyl groups excluding tert-OH is 1. The number of nitrogens with two attached hydrogens (primary N) is 1. The first kappa shape index (κ1) is 15.8. The number of rotatable bonds is 7. The molecule has 1 aromatic carbocycles. The second kappa shape index (κ2) is 6.80. The summed E-state index contributed by atoms with van der Waals surface area (Å²) in [5.41, 5.74) is 4.98. The van der Waals surface area contributed by atoms with E-state index in [1.165, 1.54) is 19.2 Å². The van der Waals surface area contributed by atoms with E-state index in [0.29, 0.717) is 0 Å². The Kier molecular flexibility index (Phi) is 5.67. The van der Waals surface area contributed by atoms with Crippen LogP contribution in [0.4, 0.5) is 10.1 Å². The predicted molar refractivity (Wildman–Crippen MR) is 68.5 cm³/mol. The number of sulfonamides is 1. The molecule has 0 heterocycles. The summed E-state index contributed by atoms with van der Waals surface area (Å²) in [6.45, 7) is -0.107. The van der Waals surface area contributed by atoms with Crippen molar-refractivity contribution < 1.29 is 22.7 Å². The zero-order chi connectivity index (χ0) is 14.5. The molecule has 0 fully saturated rings. The normalized spacial score (nSPS) is 13.4. The van der Waals surface area contributed by atoms with Gasteiger partial charge in [-0.1, -0.05) is 6.07 Å². The monoisotopic (exact) mass is 292 g/mol. The molecule has 1 atom stereocenters. The van der Waals surface area contributed by atoms with Crippen molar-refractivity contribution in [2.45, 2.75) is 17.4 Å². The lowest BCUT2D eigenvalue weighted by Crippen LogP contribution is -2.39. The van der Waals surface area contributed by atoms with Crippen LogP contribution in [0.15, 0.2) is 23.1 Å². The van der Waals surface area contributed by atoms with Crippen molar-refractivity contribution in [1.82, 2.24) is 4.72 Å². The van der Waals surface area contributed by atoms with Crippen molar-refractivity contribution in [2.24, 2.45) is 0 Å². The number of para-hydroxylation sites is 1. The summed E-state index contributed by atoms with van der Waals surface area (Å²) in [4.78, 5) is -0.327. The highest BCUT2D eigenvalue weighted by Crippen LogP contribution is 2.21. The Balaban J connectivity index is 3.00. The summed E-state index contributed by atoms with van der Waals surface area (Å²) in [5.74, 6) is -0.798. The van der Waals surface area contributed by atoms with Crippen LogP contribution >= 0.6 is 0 Å². The SMILES string of the molecule is COCC(CCO)NS(=O)(=O)c1cccc(F)c1N. The Morgan fingerprint density at radius 1 is 1.53 bits per heavy atom. The molecular weight excluding hydrogens is 275 g/mol. The summed E-state index contributed by atoms with van der Waals surface area (Å²) >= 11 is 0. The lowest BCUT2D eigenvalue weighted by atomic mass is 10.2. The summed E-state index contributed by atoms with van der Waals surface area (Å²) in [6.07, 6.45) is 0.183. The zero-order valence-electron chi connectivity index (χ0n) is 10.5. The van der Waals surface area contributed by atoms with Crippen molar-refractivity contribution in [3.63, 3.8) is 0 Å². The smallest absolute Gasteiger partial charge is 0.243 e. The van der Waals surface area contributed by atoms with Gasteiger partial charge in [0.1, 0.15) is 10.7 Å². The van der Waals surface area contributed by atoms with Gasteiger partial charge in [0.2, 0.25) is 10.0 Å². The first-order chi connectivity index (χ1) is 8.92. The molecule has 0 aromatic heterocycles. The molecule has 1 rings (SSSR count). The topological polar surface area (TPSA) is 102 Å². The fourth-order valence-electron chi connectivity index (χ4n) is 1.57. The highest BCUT2D eigenvalue weighted by Gasteiger charge is 2.23. The molecule has 1 aromatic rings. The number of hydrogen-bond donors (Lipinski definition) is 3. The van der Waals surface area contributed by atoms with Crippen molar-refractivity contribution in [3.8, 4) is 0 Å². The summed E-state index contributed by atoms with van der Waals surface area (Å²) in [5, 5.41) is 8.85. The Bertz CT molecular complexity index is 515. The van der Waals surface area contributed by atoms with Gasteiger partial charge in [-0.15, -0.1) is 0 Å². The van der Waals surface area contributed by atoms with E-state index in [-0.39, 0.29) is 24.5 Å². The van der Waals surface area contributed by atoms with Gasteiger partial charge >= 0.3 is 0 Å². The van der Waals surface area contributed by atoms with E-state index in [1.807, 2.05) is 0 Å². The second-order valence-electron chi connectivity index (χ2n) is 3.94. The first-order valence-electron chi connectivity index (χ1n) is 5.58. The minimum atomic E-state index is -3.96. The number of benzene rings is 1. The number of aliphatic hydroxyl groups is 1. The fraction of sp³-hybridized carbons (Fsp3) is 0.455. The predicted octanol–water partition coefficient (Wildman–Crippen LogP) is 0.0836. The van der Waals surface area contributed by atoms with Crippen LogP contribution in [0.25, 0.3) is 0 Å². The van der Waals surface area contributed by atoms with Crippen LogP contribution in [0.3, 0.4) is 0 Å². The number of halogens is 1. The van der Waals surface area contributed by atoms with Crippen LogP contribution in [0.5, 0.6) is 0 Å². The fourth-order valence-corrected chi connectivity index (χ4v) is 2.96. The molecule has 0 aliphatic heterocycles. The minimum Gasteiger partial charge on any atom is -0.396 e. The third kappa shape index (κ3) is 4.13. The molecule has 0 radical (unpaired) electrons. The van der Waals surface area contributed by atoms with Gasteiger partial charge in [-0.3, -0.25) is 0 Å². The number of nitrogen functional groups attached to an aromatic ring is 1. The lowest BCUT2D eigenvalue weighted by molar-refractivity contribution is 0.158. The Hall–Kier alpha value is -1.22. The van der Waals surface area contributed by atoms with Gasteiger partial charge < -0.3 is 15.6 Å². The minimum absolute atomic E-state index is 0.0923. The summed E-state index contributed by atoms with van der Waals surface area (Å²) in [7, 11) is -2.55. The molecule has 8 heteroatoms. The average Bonchev–Trinajstić information content (AvgIpc) is 2.32. The lowest BCUT2D eigenvalue weighted by Gasteiger charge is -2.17. The van der Waals surface area contributed by atoms with E-state index in [9.17, 15) is 12.8 Å². The van der Waals surface area contributed by atoms with Crippen LogP contribution in [0.1, 0.15) is 6.42 Å². The Morgan fingerprint density at radius 3 is 2.79 bits per heavy atom. The third-order valence-electron chi connectivity index (χ3n) is 2.47. The maximum Gasteiger partial charge on any atom is 0.243 e. The summed E-state index contributed by atoms with van der Waals surface area (Å²) in [6, 6.07) is 2.94. The number of anilines is 1. The molecule has 108 valence electrons. The van der Waals surface area contributed by atoms with Crippen LogP contribution in [0.2, 0.25) is 0 Å². The molecule has 1 unspecified atom stereocenters. The average molecular weight is 292 g/mol. The van der Waals surface area contributed by atoms with Crippen molar-refractivity contribution in [1.29, 1.82) is 0 Å². The Morgan fingerprint density at radius 2 is 2.21 bits per heavy atom. The first-order valence-corrected chi connectivity index (χ1v) is 7.06. The second-order valence-corrected chi connectivity index (χ2v) is 5.62. The molecule has 6 nitrogen and oxygen atoms in total. The number of ether oxygens (including phenoxy) is 1. The van der Waals surface area contributed by atoms with Crippen LogP contribution in [-0.4, -0.2) is 39.9 Å². The van der Waals surface area contributed by atoms with E-state index in [1.54, 1.807) is 0 Å². The van der Waals surface area contributed by atoms with Gasteiger partial charge in [0.25, 0.3) is 0 Å². The highest BCUT2D eigenvalue weighted by molar-refractivity contribution is 7.89. The quantitative estimate of drug-likeness (QED) is 0.618. The maximum absolute atomic E-state index is 13.3. The van der Waals surface area contributed by atoms with Crippen molar-refractivity contribution >= 4 is 15.7 Å².